The Morgan fingerprint density at radius 3 is 1.84 bits per heavy atom. The minimum Gasteiger partial charge on any atom is -0.377 e. The van der Waals surface area contributed by atoms with Gasteiger partial charge in [0.25, 0.3) is 0 Å². The Hall–Kier alpha value is -7.10. The molecule has 3 saturated carbocycles. The summed E-state index contributed by atoms with van der Waals surface area (Å²) in [5, 5.41) is 8.13. The molecule has 102 heavy (non-hydrogen) atoms. The summed E-state index contributed by atoms with van der Waals surface area (Å²) in [6, 6.07) is -6.32. The highest BCUT2D eigenvalue weighted by Crippen LogP contribution is 2.40. The molecule has 8 rings (SSSR count). The molecular formula is C73H110ClF3N12O13. The maximum atomic E-state index is 15.9. The molecule has 0 aromatic heterocycles. The summed E-state index contributed by atoms with van der Waals surface area (Å²) in [6.07, 6.45) is 5.45. The summed E-state index contributed by atoms with van der Waals surface area (Å²) < 4.78 is 47.5. The van der Waals surface area contributed by atoms with E-state index in [0.717, 1.165) is 78.2 Å². The second-order valence-corrected chi connectivity index (χ2v) is 31.0. The zero-order valence-electron chi connectivity index (χ0n) is 61.6. The normalized spacial score (nSPS) is 28.4. The number of nitrogens with one attached hydrogen (secondary N) is 3. The number of likely N-dealkylation sites (N-methyl/N-ethyl adjacent to an activating group) is 7. The van der Waals surface area contributed by atoms with Crippen molar-refractivity contribution in [2.24, 2.45) is 23.7 Å². The summed E-state index contributed by atoms with van der Waals surface area (Å²) in [5.74, 6) is -8.85. The van der Waals surface area contributed by atoms with Crippen LogP contribution in [0.4, 0.5) is 13.2 Å². The third kappa shape index (κ3) is 19.1. The van der Waals surface area contributed by atoms with Crippen LogP contribution in [0.25, 0.3) is 0 Å². The van der Waals surface area contributed by atoms with Gasteiger partial charge in [0, 0.05) is 55.9 Å². The second-order valence-electron chi connectivity index (χ2n) is 30.6. The second kappa shape index (κ2) is 35.1. The molecule has 4 heterocycles. The quantitative estimate of drug-likeness (QED) is 0.250. The first-order valence-corrected chi connectivity index (χ1v) is 37.3. The number of rotatable bonds is 11. The predicted octanol–water partition coefficient (Wildman–Crippen LogP) is 5.41. The van der Waals surface area contributed by atoms with Crippen molar-refractivity contribution < 1.29 is 75.4 Å². The maximum absolute atomic E-state index is 15.9. The van der Waals surface area contributed by atoms with Crippen molar-refractivity contribution in [3.8, 4) is 0 Å². The van der Waals surface area contributed by atoms with Gasteiger partial charge in [0.1, 0.15) is 47.8 Å². The van der Waals surface area contributed by atoms with Gasteiger partial charge in [0.15, 0.2) is 0 Å². The number of nitrogens with zero attached hydrogens (tertiary/aromatic N) is 9. The van der Waals surface area contributed by atoms with E-state index in [2.05, 4.69) is 16.0 Å². The first-order valence-electron chi connectivity index (χ1n) is 36.9. The minimum absolute atomic E-state index is 0.0170. The van der Waals surface area contributed by atoms with Crippen LogP contribution >= 0.6 is 11.6 Å². The van der Waals surface area contributed by atoms with E-state index in [0.29, 0.717) is 50.5 Å². The lowest BCUT2D eigenvalue weighted by Gasteiger charge is -2.47. The molecule has 2 unspecified atom stereocenters. The van der Waals surface area contributed by atoms with Crippen LogP contribution in [0.3, 0.4) is 0 Å². The van der Waals surface area contributed by atoms with Crippen molar-refractivity contribution in [3.05, 3.63) is 34.3 Å². The zero-order chi connectivity index (χ0) is 74.8. The summed E-state index contributed by atoms with van der Waals surface area (Å²) in [6.45, 7) is 6.17. The number of halogens is 4. The lowest BCUT2D eigenvalue weighted by Crippen LogP contribution is -2.68. The third-order valence-electron chi connectivity index (χ3n) is 22.9. The Balaban J connectivity index is 1.17. The number of carbonyl (C=O) groups excluding carboxylic acids is 12. The highest BCUT2D eigenvalue weighted by molar-refractivity contribution is 6.31. The third-order valence-corrected chi connectivity index (χ3v) is 23.2. The Morgan fingerprint density at radius 1 is 0.647 bits per heavy atom. The summed E-state index contributed by atoms with van der Waals surface area (Å²) in [7, 11) is 9.99. The number of alkyl halides is 3. The Labute approximate surface area is 603 Å². The van der Waals surface area contributed by atoms with Crippen molar-refractivity contribution in [2.45, 2.75) is 241 Å². The predicted molar refractivity (Wildman–Crippen MR) is 373 cm³/mol. The molecule has 1 aromatic rings. The molecular weight excluding hydrogens is 1350 g/mol. The van der Waals surface area contributed by atoms with Crippen LogP contribution in [0.2, 0.25) is 5.02 Å². The van der Waals surface area contributed by atoms with Gasteiger partial charge in [-0.05, 0) is 125 Å². The van der Waals surface area contributed by atoms with Crippen LogP contribution < -0.4 is 16.0 Å². The highest BCUT2D eigenvalue weighted by Gasteiger charge is 2.54. The Bertz CT molecular complexity index is 3220. The van der Waals surface area contributed by atoms with Gasteiger partial charge >= 0.3 is 6.18 Å². The van der Waals surface area contributed by atoms with Crippen molar-refractivity contribution in [2.75, 3.05) is 88.7 Å². The van der Waals surface area contributed by atoms with Crippen LogP contribution in [0, 0.1) is 23.7 Å². The molecule has 2 bridgehead atoms. The Kier molecular flexibility index (Phi) is 27.7. The lowest BCUT2D eigenvalue weighted by atomic mass is 9.74. The Morgan fingerprint density at radius 2 is 1.25 bits per heavy atom. The van der Waals surface area contributed by atoms with E-state index >= 15 is 28.8 Å². The van der Waals surface area contributed by atoms with E-state index in [-0.39, 0.29) is 88.6 Å². The standard InChI is InChI=1S/C73H110ClF3N12O13/c1-12-45(4)62-69(99)83(7)40-60(92)81(5)41-61(93)85(9)56(37-46-21-15-13-16-22-46)67(97)82(6)39-58(90)78-53(31-27-47-26-30-51(52(74)36-47)73(75,76)77)66(96)88-34-19-25-54(88)65(95)80-72(32-20-33-72)71(101)87(11)63(48-23-17-14-18-24-48)70(100)86(10)57(68(98)89-49-28-29-50(89)43-102-42-49)38-59(91)84(8)55(35-44(2)3)64(94)79-62/h26,30,36,44-46,48-50,53-57,62-63H,12-25,27-29,31-35,37-43H2,1-11H3,(H,78,90)(H,79,94)(H,80,95)/t45-,49?,50?,53-,54-,55-,56-,57-,62-,63-/m0/s1. The molecule has 25 nitrogen and oxygen atoms in total. The molecule has 7 aliphatic rings. The van der Waals surface area contributed by atoms with Gasteiger partial charge in [-0.15, -0.1) is 0 Å². The van der Waals surface area contributed by atoms with Gasteiger partial charge < -0.3 is 64.8 Å². The fraction of sp³-hybridized carbons (Fsp3) is 0.753. The molecule has 7 fully saturated rings. The number of amides is 12. The van der Waals surface area contributed by atoms with Crippen LogP contribution in [0.15, 0.2) is 18.2 Å². The molecule has 10 atom stereocenters. The van der Waals surface area contributed by atoms with Gasteiger partial charge in [-0.3, -0.25) is 57.5 Å². The number of ether oxygens (including phenoxy) is 1. The topological polar surface area (TPSA) is 279 Å². The molecule has 4 saturated heterocycles. The molecule has 1 aromatic carbocycles. The van der Waals surface area contributed by atoms with Gasteiger partial charge in [0.2, 0.25) is 70.9 Å². The first kappa shape index (κ1) is 80.6. The van der Waals surface area contributed by atoms with Gasteiger partial charge in [0.05, 0.1) is 61.9 Å². The number of hydrogen-bond donors (Lipinski definition) is 3. The zero-order valence-corrected chi connectivity index (χ0v) is 62.3. The fourth-order valence-electron chi connectivity index (χ4n) is 16.2. The number of hydrogen-bond acceptors (Lipinski definition) is 13. The van der Waals surface area contributed by atoms with E-state index in [1.54, 1.807) is 11.8 Å². The molecule has 29 heteroatoms. The van der Waals surface area contributed by atoms with Gasteiger partial charge in [-0.25, -0.2) is 0 Å². The van der Waals surface area contributed by atoms with E-state index < -0.39 is 173 Å². The number of benzene rings is 1. The van der Waals surface area contributed by atoms with E-state index in [1.807, 2.05) is 20.8 Å². The molecule has 1 spiro atoms. The first-order chi connectivity index (χ1) is 48.2. The van der Waals surface area contributed by atoms with Crippen LogP contribution in [-0.2, 0) is 74.9 Å². The SMILES string of the molecule is CC[C@H](C)[C@@H]1NC(=O)[C@H](CC(C)C)N(C)C(=O)C[C@@H](C(=O)N2C3CCC2COC3)N(C)C(=O)[C@H](C2CCCCC2)N(C)C(=O)C2(CCC2)NC(=O)[C@@H]2CCCN2C(=O)[C@H](CCc2ccc(C(F)(F)F)c(Cl)c2)NC(=O)CN(C)C(=O)[C@H](CC2CCCCC2)N(C)C(=O)CN(C)C(=O)CN(C)C1=O. The minimum atomic E-state index is -4.76. The van der Waals surface area contributed by atoms with Crippen LogP contribution in [0.1, 0.15) is 180 Å². The van der Waals surface area contributed by atoms with Crippen molar-refractivity contribution in [1.82, 2.24) is 60.0 Å². The molecule has 0 radical (unpaired) electrons. The highest BCUT2D eigenvalue weighted by atomic mass is 35.5. The van der Waals surface area contributed by atoms with E-state index in [1.165, 1.54) is 79.9 Å². The van der Waals surface area contributed by atoms with Gasteiger partial charge in [-0.1, -0.05) is 103 Å². The molecule has 12 amide bonds. The molecule has 3 N–H and O–H groups in total. The smallest absolute Gasteiger partial charge is 0.377 e. The van der Waals surface area contributed by atoms with Crippen molar-refractivity contribution in [1.29, 1.82) is 0 Å². The molecule has 4 aliphatic heterocycles. The van der Waals surface area contributed by atoms with Crippen LogP contribution in [-0.4, -0.2) is 264 Å². The molecule has 3 aliphatic carbocycles. The van der Waals surface area contributed by atoms with Crippen molar-refractivity contribution >= 4 is 82.5 Å². The average molecular weight is 1460 g/mol. The maximum Gasteiger partial charge on any atom is 0.417 e. The lowest BCUT2D eigenvalue weighted by molar-refractivity contribution is -0.160. The number of fused-ring (bicyclic) bond motifs is 3. The average Bonchev–Trinajstić information content (AvgIpc) is 1.05. The van der Waals surface area contributed by atoms with E-state index in [9.17, 15) is 41.9 Å². The summed E-state index contributed by atoms with van der Waals surface area (Å²) in [4.78, 5) is 192. The fourth-order valence-corrected chi connectivity index (χ4v) is 16.5. The van der Waals surface area contributed by atoms with E-state index in [4.69, 9.17) is 16.3 Å². The molecule has 568 valence electrons. The van der Waals surface area contributed by atoms with Crippen LogP contribution in [0.5, 0.6) is 0 Å². The summed E-state index contributed by atoms with van der Waals surface area (Å²) in [5.41, 5.74) is -2.33. The van der Waals surface area contributed by atoms with Crippen molar-refractivity contribution in [3.63, 3.8) is 0 Å². The number of aryl methyl sites for hydroxylation is 1. The number of carbonyl (C=O) groups is 12. The number of morpholine rings is 1. The van der Waals surface area contributed by atoms with Gasteiger partial charge in [-0.2, -0.15) is 13.2 Å². The monoisotopic (exact) mass is 1450 g/mol. The summed E-state index contributed by atoms with van der Waals surface area (Å²) >= 11 is 6.16. The largest absolute Gasteiger partial charge is 0.417 e.